The Kier molecular flexibility index (Phi) is 4.18. The third-order valence-electron chi connectivity index (χ3n) is 5.12. The van der Waals surface area contributed by atoms with Crippen molar-refractivity contribution in [1.82, 2.24) is 9.97 Å². The first-order chi connectivity index (χ1) is 13.7. The molecule has 0 bridgehead atoms. The van der Waals surface area contributed by atoms with E-state index in [2.05, 4.69) is 90.5 Å². The van der Waals surface area contributed by atoms with Gasteiger partial charge in [0.05, 0.1) is 16.1 Å². The first-order valence-electron chi connectivity index (χ1n) is 9.47. The fraction of sp³-hybridized carbons (Fsp3) is 0.120. The van der Waals surface area contributed by atoms with Crippen molar-refractivity contribution in [2.24, 2.45) is 0 Å². The van der Waals surface area contributed by atoms with E-state index in [9.17, 15) is 0 Å². The lowest BCUT2D eigenvalue weighted by molar-refractivity contribution is 1.16. The number of aromatic nitrogens is 2. The second-order valence-corrected chi connectivity index (χ2v) is 8.30. The molecule has 136 valence electrons. The van der Waals surface area contributed by atoms with Crippen LogP contribution < -0.4 is 0 Å². The van der Waals surface area contributed by atoms with Crippen molar-refractivity contribution in [2.75, 3.05) is 0 Å². The average molecular weight is 381 g/mol. The van der Waals surface area contributed by atoms with Crippen molar-refractivity contribution >= 4 is 31.5 Å². The smallest absolute Gasteiger partial charge is 0.0705 e. The second-order valence-electron chi connectivity index (χ2n) is 7.25. The van der Waals surface area contributed by atoms with Crippen molar-refractivity contribution in [3.05, 3.63) is 95.4 Å². The highest BCUT2D eigenvalue weighted by Gasteiger charge is 2.11. The Morgan fingerprint density at radius 3 is 2.54 bits per heavy atom. The summed E-state index contributed by atoms with van der Waals surface area (Å²) >= 11 is 1.82. The van der Waals surface area contributed by atoms with E-state index in [0.29, 0.717) is 0 Å². The Morgan fingerprint density at radius 1 is 0.821 bits per heavy atom. The van der Waals surface area contributed by atoms with Crippen molar-refractivity contribution in [3.8, 4) is 11.3 Å². The van der Waals surface area contributed by atoms with Crippen LogP contribution in [0, 0.1) is 13.8 Å². The van der Waals surface area contributed by atoms with Gasteiger partial charge in [0.2, 0.25) is 0 Å². The topological polar surface area (TPSA) is 25.8 Å². The third-order valence-corrected chi connectivity index (χ3v) is 6.42. The summed E-state index contributed by atoms with van der Waals surface area (Å²) in [5.74, 6) is 0. The number of aryl methyl sites for hydroxylation is 2. The Morgan fingerprint density at radius 2 is 1.68 bits per heavy atom. The fourth-order valence-electron chi connectivity index (χ4n) is 3.82. The van der Waals surface area contributed by atoms with Crippen molar-refractivity contribution in [2.45, 2.75) is 20.3 Å². The molecule has 0 spiro atoms. The summed E-state index contributed by atoms with van der Waals surface area (Å²) in [4.78, 5) is 9.28. The number of thiophene rings is 1. The maximum absolute atomic E-state index is 4.65. The molecule has 0 aliphatic heterocycles. The summed E-state index contributed by atoms with van der Waals surface area (Å²) in [6, 6.07) is 23.8. The quantitative estimate of drug-likeness (QED) is 0.347. The maximum atomic E-state index is 4.65. The Labute approximate surface area is 168 Å². The monoisotopic (exact) mass is 380 g/mol. The molecule has 0 saturated carbocycles. The minimum Gasteiger partial charge on any atom is -0.257 e. The zero-order chi connectivity index (χ0) is 19.1. The summed E-state index contributed by atoms with van der Waals surface area (Å²) in [6.07, 6.45) is 2.84. The van der Waals surface area contributed by atoms with Gasteiger partial charge >= 0.3 is 0 Å². The predicted octanol–water partition coefficient (Wildman–Crippen LogP) is 6.72. The van der Waals surface area contributed by atoms with Gasteiger partial charge in [-0.25, -0.2) is 0 Å². The number of pyridine rings is 2. The van der Waals surface area contributed by atoms with Crippen LogP contribution in [0.2, 0.25) is 0 Å². The number of rotatable bonds is 3. The van der Waals surface area contributed by atoms with Gasteiger partial charge in [0.15, 0.2) is 0 Å². The van der Waals surface area contributed by atoms with E-state index in [4.69, 9.17) is 0 Å². The van der Waals surface area contributed by atoms with Crippen LogP contribution >= 0.6 is 11.3 Å². The van der Waals surface area contributed by atoms with Gasteiger partial charge < -0.3 is 0 Å². The molecular formula is C25H20N2S. The number of hydrogen-bond donors (Lipinski definition) is 0. The first-order valence-corrected chi connectivity index (χ1v) is 10.3. The molecule has 3 aromatic heterocycles. The minimum absolute atomic E-state index is 0.921. The molecule has 3 heterocycles. The molecular weight excluding hydrogens is 360 g/mol. The highest BCUT2D eigenvalue weighted by atomic mass is 32.1. The van der Waals surface area contributed by atoms with Crippen molar-refractivity contribution in [3.63, 3.8) is 0 Å². The summed E-state index contributed by atoms with van der Waals surface area (Å²) in [5, 5.41) is 2.59. The van der Waals surface area contributed by atoms with E-state index in [1.807, 2.05) is 17.5 Å². The van der Waals surface area contributed by atoms with Gasteiger partial charge in [-0.05, 0) is 61.7 Å². The maximum Gasteiger partial charge on any atom is 0.0705 e. The van der Waals surface area contributed by atoms with Gasteiger partial charge in [0.1, 0.15) is 0 Å². The molecule has 0 aliphatic rings. The fourth-order valence-corrected chi connectivity index (χ4v) is 4.93. The molecule has 2 aromatic carbocycles. The molecule has 0 saturated heterocycles. The number of benzene rings is 2. The van der Waals surface area contributed by atoms with Crippen LogP contribution in [0.15, 0.2) is 72.9 Å². The van der Waals surface area contributed by atoms with Crippen LogP contribution in [0.4, 0.5) is 0 Å². The molecule has 28 heavy (non-hydrogen) atoms. The van der Waals surface area contributed by atoms with Crippen LogP contribution in [0.1, 0.15) is 22.5 Å². The number of nitrogens with zero attached hydrogens (tertiary/aromatic N) is 2. The molecule has 0 N–H and O–H groups in total. The molecule has 0 unspecified atom stereocenters. The lowest BCUT2D eigenvalue weighted by atomic mass is 10.0. The molecule has 0 fully saturated rings. The predicted molar refractivity (Wildman–Crippen MR) is 119 cm³/mol. The largest absolute Gasteiger partial charge is 0.257 e. The van der Waals surface area contributed by atoms with Gasteiger partial charge in [-0.1, -0.05) is 36.4 Å². The van der Waals surface area contributed by atoms with Crippen molar-refractivity contribution in [1.29, 1.82) is 0 Å². The lowest BCUT2D eigenvalue weighted by Gasteiger charge is -2.06. The summed E-state index contributed by atoms with van der Waals surface area (Å²) in [5.41, 5.74) is 6.96. The summed E-state index contributed by atoms with van der Waals surface area (Å²) in [6.45, 7) is 4.16. The summed E-state index contributed by atoms with van der Waals surface area (Å²) < 4.78 is 2.58. The van der Waals surface area contributed by atoms with Crippen LogP contribution in [0.25, 0.3) is 31.4 Å². The van der Waals surface area contributed by atoms with Gasteiger partial charge in [0, 0.05) is 32.9 Å². The highest BCUT2D eigenvalue weighted by Crippen LogP contribution is 2.37. The van der Waals surface area contributed by atoms with Crippen LogP contribution in [0.3, 0.4) is 0 Å². The molecule has 0 atom stereocenters. The lowest BCUT2D eigenvalue weighted by Crippen LogP contribution is -1.91. The molecule has 0 radical (unpaired) electrons. The van der Waals surface area contributed by atoms with E-state index in [1.54, 1.807) is 0 Å². The SMILES string of the molecule is Cc1cc2c(sc3ccc(-c4cc(Cc5ccccc5)ccn4)cc32)c(C)n1. The molecule has 5 aromatic rings. The van der Waals surface area contributed by atoms with E-state index in [0.717, 1.165) is 29.1 Å². The molecule has 0 aliphatic carbocycles. The van der Waals surface area contributed by atoms with E-state index >= 15 is 0 Å². The minimum atomic E-state index is 0.921. The van der Waals surface area contributed by atoms with Crippen LogP contribution in [-0.4, -0.2) is 9.97 Å². The number of hydrogen-bond acceptors (Lipinski definition) is 3. The Hall–Kier alpha value is -3.04. The molecule has 0 amide bonds. The second kappa shape index (κ2) is 6.84. The normalized spacial score (nSPS) is 11.4. The Balaban J connectivity index is 1.59. The zero-order valence-corrected chi connectivity index (χ0v) is 16.8. The molecule has 3 heteroatoms. The van der Waals surface area contributed by atoms with Crippen LogP contribution in [0.5, 0.6) is 0 Å². The third kappa shape index (κ3) is 3.08. The Bertz CT molecular complexity index is 1300. The summed E-state index contributed by atoms with van der Waals surface area (Å²) in [7, 11) is 0. The highest BCUT2D eigenvalue weighted by molar-refractivity contribution is 7.26. The molecule has 2 nitrogen and oxygen atoms in total. The van der Waals surface area contributed by atoms with E-state index < -0.39 is 0 Å². The molecule has 5 rings (SSSR count). The van der Waals surface area contributed by atoms with Gasteiger partial charge in [-0.3, -0.25) is 9.97 Å². The first kappa shape index (κ1) is 17.1. The number of fused-ring (bicyclic) bond motifs is 3. The van der Waals surface area contributed by atoms with Gasteiger partial charge in [-0.15, -0.1) is 11.3 Å². The van der Waals surface area contributed by atoms with Crippen molar-refractivity contribution < 1.29 is 0 Å². The standard InChI is InChI=1S/C25H20N2S/c1-16-12-22-21-15-20(8-9-24(21)28-25(22)17(2)27-16)23-14-19(10-11-26-23)13-18-6-4-3-5-7-18/h3-12,14-15H,13H2,1-2H3. The van der Waals surface area contributed by atoms with Crippen LogP contribution in [-0.2, 0) is 6.42 Å². The van der Waals surface area contributed by atoms with E-state index in [-0.39, 0.29) is 0 Å². The van der Waals surface area contributed by atoms with Gasteiger partial charge in [0.25, 0.3) is 0 Å². The average Bonchev–Trinajstić information content (AvgIpc) is 3.07. The zero-order valence-electron chi connectivity index (χ0n) is 15.9. The van der Waals surface area contributed by atoms with Gasteiger partial charge in [-0.2, -0.15) is 0 Å². The van der Waals surface area contributed by atoms with E-state index in [1.165, 1.54) is 31.3 Å².